The molecule has 0 aromatic heterocycles. The highest BCUT2D eigenvalue weighted by Crippen LogP contribution is 2.21. The summed E-state index contributed by atoms with van der Waals surface area (Å²) in [5, 5.41) is 8.66. The molecule has 0 aromatic carbocycles. The Labute approximate surface area is 86.4 Å². The maximum absolute atomic E-state index is 8.66. The van der Waals surface area contributed by atoms with Crippen LogP contribution in [-0.4, -0.2) is 44.2 Å². The van der Waals surface area contributed by atoms with Crippen molar-refractivity contribution in [3.63, 3.8) is 0 Å². The summed E-state index contributed by atoms with van der Waals surface area (Å²) < 4.78 is 10.8. The lowest BCUT2D eigenvalue weighted by molar-refractivity contribution is -0.113. The van der Waals surface area contributed by atoms with Crippen molar-refractivity contribution in [2.75, 3.05) is 33.5 Å². The van der Waals surface area contributed by atoms with E-state index in [0.29, 0.717) is 32.1 Å². The van der Waals surface area contributed by atoms with Crippen LogP contribution >= 0.6 is 0 Å². The Morgan fingerprint density at radius 1 is 1.43 bits per heavy atom. The van der Waals surface area contributed by atoms with Gasteiger partial charge in [-0.05, 0) is 12.3 Å². The molecule has 4 nitrogen and oxygen atoms in total. The minimum Gasteiger partial charge on any atom is -0.396 e. The molecular formula is C10H23NO3. The first-order valence-corrected chi connectivity index (χ1v) is 5.06. The lowest BCUT2D eigenvalue weighted by atomic mass is 9.91. The average molecular weight is 205 g/mol. The van der Waals surface area contributed by atoms with E-state index in [0.717, 1.165) is 0 Å². The van der Waals surface area contributed by atoms with Gasteiger partial charge in [-0.25, -0.2) is 0 Å². The third kappa shape index (κ3) is 3.92. The molecule has 0 fully saturated rings. The van der Waals surface area contributed by atoms with Crippen LogP contribution in [0.3, 0.4) is 0 Å². The molecule has 3 N–H and O–H groups in total. The standard InChI is InChI=1S/C10H23NO3/c1-9(2)10(7-11,8-13-3)14-6-4-5-12/h9,12H,4-8,11H2,1-3H3. The minimum atomic E-state index is -0.413. The van der Waals surface area contributed by atoms with Crippen LogP contribution < -0.4 is 5.73 Å². The van der Waals surface area contributed by atoms with E-state index in [-0.39, 0.29) is 6.61 Å². The van der Waals surface area contributed by atoms with Crippen molar-refractivity contribution in [1.82, 2.24) is 0 Å². The second kappa shape index (κ2) is 7.17. The highest BCUT2D eigenvalue weighted by Gasteiger charge is 2.33. The second-order valence-electron chi connectivity index (χ2n) is 3.78. The van der Waals surface area contributed by atoms with Gasteiger partial charge in [-0.15, -0.1) is 0 Å². The summed E-state index contributed by atoms with van der Waals surface area (Å²) in [6, 6.07) is 0. The molecule has 0 heterocycles. The number of aliphatic hydroxyl groups is 1. The molecule has 4 heteroatoms. The van der Waals surface area contributed by atoms with Crippen molar-refractivity contribution in [2.45, 2.75) is 25.9 Å². The quantitative estimate of drug-likeness (QED) is 0.562. The van der Waals surface area contributed by atoms with Crippen molar-refractivity contribution < 1.29 is 14.6 Å². The molecule has 0 aromatic rings. The molecular weight excluding hydrogens is 182 g/mol. The molecule has 0 amide bonds. The van der Waals surface area contributed by atoms with Gasteiger partial charge in [0.2, 0.25) is 0 Å². The van der Waals surface area contributed by atoms with Gasteiger partial charge in [0.1, 0.15) is 5.60 Å². The van der Waals surface area contributed by atoms with E-state index in [4.69, 9.17) is 20.3 Å². The molecule has 0 radical (unpaired) electrons. The molecule has 0 saturated heterocycles. The largest absolute Gasteiger partial charge is 0.396 e. The number of ether oxygens (including phenoxy) is 2. The van der Waals surface area contributed by atoms with Gasteiger partial charge < -0.3 is 20.3 Å². The van der Waals surface area contributed by atoms with Gasteiger partial charge in [0.25, 0.3) is 0 Å². The molecule has 0 spiro atoms. The van der Waals surface area contributed by atoms with Crippen molar-refractivity contribution in [3.05, 3.63) is 0 Å². The van der Waals surface area contributed by atoms with Crippen LogP contribution in [0, 0.1) is 5.92 Å². The highest BCUT2D eigenvalue weighted by molar-refractivity contribution is 4.85. The SMILES string of the molecule is COCC(CN)(OCCCO)C(C)C. The van der Waals surface area contributed by atoms with Gasteiger partial charge in [-0.1, -0.05) is 13.8 Å². The number of hydrogen-bond donors (Lipinski definition) is 2. The molecule has 0 aliphatic carbocycles. The predicted octanol–water partition coefficient (Wildman–Crippen LogP) is 0.385. The fourth-order valence-electron chi connectivity index (χ4n) is 1.31. The summed E-state index contributed by atoms with van der Waals surface area (Å²) in [7, 11) is 1.64. The fraction of sp³-hybridized carbons (Fsp3) is 1.00. The molecule has 0 aliphatic rings. The van der Waals surface area contributed by atoms with Crippen LogP contribution in [0.5, 0.6) is 0 Å². The highest BCUT2D eigenvalue weighted by atomic mass is 16.5. The minimum absolute atomic E-state index is 0.145. The number of methoxy groups -OCH3 is 1. The third-order valence-corrected chi connectivity index (χ3v) is 2.48. The van der Waals surface area contributed by atoms with E-state index >= 15 is 0 Å². The summed E-state index contributed by atoms with van der Waals surface area (Å²) in [6.07, 6.45) is 0.637. The number of hydrogen-bond acceptors (Lipinski definition) is 4. The lowest BCUT2D eigenvalue weighted by Gasteiger charge is -2.35. The van der Waals surface area contributed by atoms with Crippen LogP contribution in [0.1, 0.15) is 20.3 Å². The fourth-order valence-corrected chi connectivity index (χ4v) is 1.31. The van der Waals surface area contributed by atoms with Gasteiger partial charge in [0.05, 0.1) is 6.61 Å². The third-order valence-electron chi connectivity index (χ3n) is 2.48. The summed E-state index contributed by atoms with van der Waals surface area (Å²) in [5.41, 5.74) is 5.30. The zero-order valence-corrected chi connectivity index (χ0v) is 9.45. The van der Waals surface area contributed by atoms with Crippen molar-refractivity contribution in [2.24, 2.45) is 11.7 Å². The molecule has 1 unspecified atom stereocenters. The van der Waals surface area contributed by atoms with Crippen molar-refractivity contribution in [3.8, 4) is 0 Å². The van der Waals surface area contributed by atoms with E-state index in [1.807, 2.05) is 0 Å². The Balaban J connectivity index is 4.19. The first-order valence-electron chi connectivity index (χ1n) is 5.06. The molecule has 0 aliphatic heterocycles. The van der Waals surface area contributed by atoms with Crippen molar-refractivity contribution >= 4 is 0 Å². The molecule has 0 saturated carbocycles. The van der Waals surface area contributed by atoms with Crippen LogP contribution in [0.2, 0.25) is 0 Å². The lowest BCUT2D eigenvalue weighted by Crippen LogP contribution is -2.49. The average Bonchev–Trinajstić information content (AvgIpc) is 2.16. The maximum atomic E-state index is 8.66. The van der Waals surface area contributed by atoms with Crippen LogP contribution in [0.25, 0.3) is 0 Å². The normalized spacial score (nSPS) is 15.9. The number of nitrogens with two attached hydrogens (primary N) is 1. The van der Waals surface area contributed by atoms with Crippen molar-refractivity contribution in [1.29, 1.82) is 0 Å². The van der Waals surface area contributed by atoms with Gasteiger partial charge in [-0.3, -0.25) is 0 Å². The van der Waals surface area contributed by atoms with E-state index in [2.05, 4.69) is 13.8 Å². The summed E-state index contributed by atoms with van der Waals surface area (Å²) in [6.45, 7) is 5.72. The van der Waals surface area contributed by atoms with E-state index in [1.54, 1.807) is 7.11 Å². The number of aliphatic hydroxyl groups excluding tert-OH is 1. The first kappa shape index (κ1) is 13.8. The Bertz CT molecular complexity index is 141. The van der Waals surface area contributed by atoms with E-state index < -0.39 is 5.60 Å². The summed E-state index contributed by atoms with van der Waals surface area (Å²) in [4.78, 5) is 0. The zero-order valence-electron chi connectivity index (χ0n) is 9.45. The summed E-state index contributed by atoms with van der Waals surface area (Å²) >= 11 is 0. The van der Waals surface area contributed by atoms with Gasteiger partial charge in [0, 0.05) is 26.9 Å². The van der Waals surface area contributed by atoms with Crippen LogP contribution in [0.4, 0.5) is 0 Å². The van der Waals surface area contributed by atoms with Gasteiger partial charge in [0.15, 0.2) is 0 Å². The van der Waals surface area contributed by atoms with Gasteiger partial charge in [-0.2, -0.15) is 0 Å². The predicted molar refractivity (Wildman–Crippen MR) is 56.2 cm³/mol. The Morgan fingerprint density at radius 3 is 2.43 bits per heavy atom. The first-order chi connectivity index (χ1) is 6.63. The zero-order chi connectivity index (χ0) is 11.0. The molecule has 14 heavy (non-hydrogen) atoms. The molecule has 0 rings (SSSR count). The smallest absolute Gasteiger partial charge is 0.106 e. The van der Waals surface area contributed by atoms with Crippen LogP contribution in [-0.2, 0) is 9.47 Å². The number of rotatable bonds is 8. The monoisotopic (exact) mass is 205 g/mol. The summed E-state index contributed by atoms with van der Waals surface area (Å²) in [5.74, 6) is 0.297. The van der Waals surface area contributed by atoms with E-state index in [1.165, 1.54) is 0 Å². The molecule has 1 atom stereocenters. The Morgan fingerprint density at radius 2 is 2.07 bits per heavy atom. The Hall–Kier alpha value is -0.160. The molecule has 0 bridgehead atoms. The van der Waals surface area contributed by atoms with Crippen LogP contribution in [0.15, 0.2) is 0 Å². The molecule has 86 valence electrons. The second-order valence-corrected chi connectivity index (χ2v) is 3.78. The topological polar surface area (TPSA) is 64.7 Å². The van der Waals surface area contributed by atoms with Gasteiger partial charge >= 0.3 is 0 Å². The Kier molecular flexibility index (Phi) is 7.09. The van der Waals surface area contributed by atoms with E-state index in [9.17, 15) is 0 Å². The maximum Gasteiger partial charge on any atom is 0.106 e.